The highest BCUT2D eigenvalue weighted by Gasteiger charge is 2.53. The number of alkyl halides is 3. The van der Waals surface area contributed by atoms with Crippen molar-refractivity contribution < 1.29 is 26.0 Å². The molecule has 4 N–H and O–H groups in total. The van der Waals surface area contributed by atoms with Crippen molar-refractivity contribution in [1.82, 2.24) is 15.0 Å². The molecule has 0 radical (unpaired) electrons. The molecule has 0 amide bonds. The Labute approximate surface area is 235 Å². The Morgan fingerprint density at radius 2 is 1.59 bits per heavy atom. The van der Waals surface area contributed by atoms with E-state index in [1.54, 1.807) is 38.1 Å². The van der Waals surface area contributed by atoms with Crippen molar-refractivity contribution in [1.29, 1.82) is 0 Å². The third-order valence-electron chi connectivity index (χ3n) is 6.92. The number of nitrogens with two attached hydrogens (primary N) is 1. The SMILES string of the molecule is CCCC(CC)(Nc1nc(N[C@H](C)c2ccc(S(N)(=O)=O)cc2)nc2ccc(-c3ccc(F)cc3)nc12)C(F)(F)F. The van der Waals surface area contributed by atoms with Crippen LogP contribution in [0.2, 0.25) is 0 Å². The summed E-state index contributed by atoms with van der Waals surface area (Å²) in [4.78, 5) is 13.4. The molecule has 0 aliphatic heterocycles. The number of primary sulfonamides is 1. The third kappa shape index (κ3) is 6.57. The van der Waals surface area contributed by atoms with Crippen LogP contribution in [0, 0.1) is 5.82 Å². The maximum atomic E-state index is 14.4. The van der Waals surface area contributed by atoms with E-state index in [1.165, 1.54) is 43.3 Å². The largest absolute Gasteiger partial charge is 0.411 e. The number of pyridine rings is 1. The highest BCUT2D eigenvalue weighted by atomic mass is 32.2. The molecule has 0 aliphatic rings. The molecule has 0 spiro atoms. The van der Waals surface area contributed by atoms with Crippen LogP contribution in [-0.2, 0) is 10.0 Å². The standard InChI is InChI=1S/C28H30F4N6O2S/c1-4-16-27(5-2,28(30,31)32)38-25-24-23(15-14-22(35-24)19-6-10-20(29)11-7-19)36-26(37-25)34-17(3)18-8-12-21(13-9-18)41(33,39)40/h6-15,17H,4-5,16H2,1-3H3,(H2,33,39,40)(H2,34,36,37,38)/t17-,27?/m1/s1. The van der Waals surface area contributed by atoms with Crippen molar-refractivity contribution in [3.8, 4) is 11.3 Å². The Hall–Kier alpha value is -3.84. The van der Waals surface area contributed by atoms with Gasteiger partial charge < -0.3 is 10.6 Å². The fourth-order valence-corrected chi connectivity index (χ4v) is 5.08. The Morgan fingerprint density at radius 1 is 0.927 bits per heavy atom. The molecule has 2 heterocycles. The molecule has 4 aromatic rings. The molecular formula is C28H30F4N6O2S. The predicted molar refractivity (Wildman–Crippen MR) is 150 cm³/mol. The molecule has 4 rings (SSSR count). The summed E-state index contributed by atoms with van der Waals surface area (Å²) in [5.41, 5.74) is -0.188. The number of halogens is 4. The fourth-order valence-electron chi connectivity index (χ4n) is 4.56. The van der Waals surface area contributed by atoms with E-state index >= 15 is 0 Å². The number of rotatable bonds is 10. The Morgan fingerprint density at radius 3 is 2.15 bits per heavy atom. The van der Waals surface area contributed by atoms with Crippen molar-refractivity contribution in [3.63, 3.8) is 0 Å². The molecule has 1 unspecified atom stereocenters. The Balaban J connectivity index is 1.80. The van der Waals surface area contributed by atoms with Gasteiger partial charge in [0.05, 0.1) is 22.1 Å². The van der Waals surface area contributed by atoms with Crippen LogP contribution in [0.4, 0.5) is 29.3 Å². The van der Waals surface area contributed by atoms with Gasteiger partial charge in [-0.2, -0.15) is 18.2 Å². The summed E-state index contributed by atoms with van der Waals surface area (Å²) < 4.78 is 80.0. The normalized spacial score (nSPS) is 14.4. The third-order valence-corrected chi connectivity index (χ3v) is 7.85. The number of hydrogen-bond donors (Lipinski definition) is 3. The number of hydrogen-bond acceptors (Lipinski definition) is 7. The van der Waals surface area contributed by atoms with Crippen LogP contribution in [0.15, 0.2) is 65.6 Å². The average Bonchev–Trinajstić information content (AvgIpc) is 2.92. The van der Waals surface area contributed by atoms with E-state index in [9.17, 15) is 26.0 Å². The van der Waals surface area contributed by atoms with E-state index in [1.807, 2.05) is 0 Å². The van der Waals surface area contributed by atoms with Crippen LogP contribution < -0.4 is 15.8 Å². The van der Waals surface area contributed by atoms with Gasteiger partial charge in [-0.15, -0.1) is 0 Å². The molecule has 2 atom stereocenters. The smallest absolute Gasteiger partial charge is 0.354 e. The summed E-state index contributed by atoms with van der Waals surface area (Å²) in [6.45, 7) is 4.91. The molecule has 0 saturated carbocycles. The molecule has 0 bridgehead atoms. The number of nitrogens with zero attached hydrogens (tertiary/aromatic N) is 3. The van der Waals surface area contributed by atoms with Gasteiger partial charge in [0, 0.05) is 5.56 Å². The number of benzene rings is 2. The lowest BCUT2D eigenvalue weighted by Crippen LogP contribution is -2.51. The van der Waals surface area contributed by atoms with Gasteiger partial charge in [0.1, 0.15) is 16.9 Å². The second-order valence-electron chi connectivity index (χ2n) is 9.76. The molecule has 2 aromatic heterocycles. The monoisotopic (exact) mass is 590 g/mol. The van der Waals surface area contributed by atoms with Crippen LogP contribution in [0.25, 0.3) is 22.3 Å². The van der Waals surface area contributed by atoms with E-state index in [2.05, 4.69) is 25.6 Å². The van der Waals surface area contributed by atoms with Gasteiger partial charge in [0.15, 0.2) is 5.82 Å². The van der Waals surface area contributed by atoms with Crippen LogP contribution in [0.5, 0.6) is 0 Å². The lowest BCUT2D eigenvalue weighted by atomic mass is 9.89. The minimum atomic E-state index is -4.59. The van der Waals surface area contributed by atoms with Gasteiger partial charge in [-0.25, -0.2) is 27.9 Å². The summed E-state index contributed by atoms with van der Waals surface area (Å²) in [6, 6.07) is 14.3. The summed E-state index contributed by atoms with van der Waals surface area (Å²) in [5.74, 6) is -0.490. The lowest BCUT2D eigenvalue weighted by molar-refractivity contribution is -0.181. The molecule has 0 fully saturated rings. The van der Waals surface area contributed by atoms with E-state index < -0.39 is 33.6 Å². The quantitative estimate of drug-likeness (QED) is 0.178. The van der Waals surface area contributed by atoms with E-state index in [4.69, 9.17) is 5.14 Å². The van der Waals surface area contributed by atoms with Crippen LogP contribution in [0.3, 0.4) is 0 Å². The second kappa shape index (κ2) is 11.6. The van der Waals surface area contributed by atoms with Gasteiger partial charge in [0.25, 0.3) is 0 Å². The van der Waals surface area contributed by atoms with Crippen molar-refractivity contribution in [2.24, 2.45) is 5.14 Å². The predicted octanol–water partition coefficient (Wildman–Crippen LogP) is 6.57. The summed E-state index contributed by atoms with van der Waals surface area (Å²) in [5, 5.41) is 10.9. The first-order valence-electron chi connectivity index (χ1n) is 13.0. The summed E-state index contributed by atoms with van der Waals surface area (Å²) in [7, 11) is -3.87. The van der Waals surface area contributed by atoms with Gasteiger partial charge in [-0.05, 0) is 73.9 Å². The second-order valence-corrected chi connectivity index (χ2v) is 11.3. The maximum Gasteiger partial charge on any atom is 0.411 e. The van der Waals surface area contributed by atoms with Crippen molar-refractivity contribution in [2.75, 3.05) is 10.6 Å². The lowest BCUT2D eigenvalue weighted by Gasteiger charge is -2.36. The number of sulfonamides is 1. The van der Waals surface area contributed by atoms with Gasteiger partial charge in [-0.1, -0.05) is 32.4 Å². The highest BCUT2D eigenvalue weighted by molar-refractivity contribution is 7.89. The zero-order valence-corrected chi connectivity index (χ0v) is 23.4. The molecule has 0 saturated heterocycles. The molecule has 13 heteroatoms. The number of fused-ring (bicyclic) bond motifs is 1. The van der Waals surface area contributed by atoms with E-state index in [0.29, 0.717) is 16.8 Å². The fraction of sp³-hybridized carbons (Fsp3) is 0.321. The average molecular weight is 591 g/mol. The Kier molecular flexibility index (Phi) is 8.50. The van der Waals surface area contributed by atoms with Gasteiger partial charge >= 0.3 is 6.18 Å². The zero-order chi connectivity index (χ0) is 30.0. The van der Waals surface area contributed by atoms with Crippen LogP contribution in [-0.4, -0.2) is 35.1 Å². The molecule has 2 aromatic carbocycles. The van der Waals surface area contributed by atoms with Crippen molar-refractivity contribution in [3.05, 3.63) is 72.0 Å². The highest BCUT2D eigenvalue weighted by Crippen LogP contribution is 2.40. The van der Waals surface area contributed by atoms with Gasteiger partial charge in [-0.3, -0.25) is 0 Å². The number of aromatic nitrogens is 3. The Bertz CT molecular complexity index is 1630. The first-order valence-corrected chi connectivity index (χ1v) is 14.5. The minimum absolute atomic E-state index is 0.0445. The van der Waals surface area contributed by atoms with Crippen molar-refractivity contribution >= 4 is 32.8 Å². The topological polar surface area (TPSA) is 123 Å². The molecule has 41 heavy (non-hydrogen) atoms. The van der Waals surface area contributed by atoms with E-state index in [0.717, 1.165) is 0 Å². The summed E-state index contributed by atoms with van der Waals surface area (Å²) in [6.07, 6.45) is -4.75. The maximum absolute atomic E-state index is 14.4. The number of anilines is 2. The summed E-state index contributed by atoms with van der Waals surface area (Å²) >= 11 is 0. The zero-order valence-electron chi connectivity index (χ0n) is 22.6. The van der Waals surface area contributed by atoms with Crippen LogP contribution in [0.1, 0.15) is 51.6 Å². The number of nitrogens with one attached hydrogen (secondary N) is 2. The molecule has 218 valence electrons. The first-order chi connectivity index (χ1) is 19.3. The minimum Gasteiger partial charge on any atom is -0.354 e. The molecule has 8 nitrogen and oxygen atoms in total. The van der Waals surface area contributed by atoms with E-state index in [-0.39, 0.29) is 47.0 Å². The van der Waals surface area contributed by atoms with Crippen molar-refractivity contribution in [2.45, 2.75) is 62.7 Å². The molecule has 0 aliphatic carbocycles. The first kappa shape index (κ1) is 30.1. The molecular weight excluding hydrogens is 560 g/mol. The van der Waals surface area contributed by atoms with Gasteiger partial charge in [0.2, 0.25) is 16.0 Å². The van der Waals surface area contributed by atoms with Crippen LogP contribution >= 0.6 is 0 Å².